The van der Waals surface area contributed by atoms with Crippen LogP contribution in [-0.4, -0.2) is 11.9 Å². The first-order valence-corrected chi connectivity index (χ1v) is 7.14. The molecule has 2 rings (SSSR count). The fraction of sp³-hybridized carbons (Fsp3) is 0.533. The summed E-state index contributed by atoms with van der Waals surface area (Å²) >= 11 is 4.15. The summed E-state index contributed by atoms with van der Waals surface area (Å²) < 4.78 is 13.7. The predicted molar refractivity (Wildman–Crippen MR) is 77.2 cm³/mol. The normalized spacial score (nSPS) is 22.0. The summed E-state index contributed by atoms with van der Waals surface area (Å²) in [6.07, 6.45) is 4.36. The zero-order valence-corrected chi connectivity index (χ0v) is 12.3. The minimum Gasteiger partial charge on any atom is -0.349 e. The van der Waals surface area contributed by atoms with Gasteiger partial charge < -0.3 is 5.32 Å². The van der Waals surface area contributed by atoms with Crippen LogP contribution in [0.25, 0.3) is 0 Å². The van der Waals surface area contributed by atoms with Gasteiger partial charge in [-0.2, -0.15) is 0 Å². The number of thiol groups is 1. The number of halogens is 1. The van der Waals surface area contributed by atoms with E-state index in [-0.39, 0.29) is 22.9 Å². The molecule has 104 valence electrons. The van der Waals surface area contributed by atoms with Gasteiger partial charge in [0.15, 0.2) is 0 Å². The quantitative estimate of drug-likeness (QED) is 0.793. The van der Waals surface area contributed by atoms with E-state index in [0.29, 0.717) is 4.90 Å². The molecule has 0 saturated heterocycles. The van der Waals surface area contributed by atoms with E-state index in [9.17, 15) is 9.18 Å². The zero-order valence-electron chi connectivity index (χ0n) is 11.4. The van der Waals surface area contributed by atoms with Crippen molar-refractivity contribution in [1.82, 2.24) is 5.32 Å². The lowest BCUT2D eigenvalue weighted by atomic mass is 9.73. The van der Waals surface area contributed by atoms with Gasteiger partial charge in [-0.3, -0.25) is 4.79 Å². The maximum Gasteiger partial charge on any atom is 0.254 e. The van der Waals surface area contributed by atoms with Gasteiger partial charge in [0.25, 0.3) is 5.91 Å². The molecular formula is C15H20FNOS. The largest absolute Gasteiger partial charge is 0.349 e. The Morgan fingerprint density at radius 2 is 2.16 bits per heavy atom. The summed E-state index contributed by atoms with van der Waals surface area (Å²) in [6.45, 7) is 4.31. The Morgan fingerprint density at radius 3 is 2.84 bits per heavy atom. The van der Waals surface area contributed by atoms with Crippen molar-refractivity contribution < 1.29 is 9.18 Å². The third-order valence-electron chi connectivity index (χ3n) is 4.01. The molecular weight excluding hydrogens is 261 g/mol. The van der Waals surface area contributed by atoms with Crippen LogP contribution in [0.2, 0.25) is 0 Å². The van der Waals surface area contributed by atoms with Crippen molar-refractivity contribution in [3.8, 4) is 0 Å². The third-order valence-corrected chi connectivity index (χ3v) is 4.29. The smallest absolute Gasteiger partial charge is 0.254 e. The fourth-order valence-corrected chi connectivity index (χ4v) is 2.89. The highest BCUT2D eigenvalue weighted by molar-refractivity contribution is 7.80. The Morgan fingerprint density at radius 1 is 1.42 bits per heavy atom. The molecule has 0 aliphatic heterocycles. The Labute approximate surface area is 119 Å². The minimum absolute atomic E-state index is 0.0724. The number of rotatable bonds is 2. The summed E-state index contributed by atoms with van der Waals surface area (Å²) in [7, 11) is 0. The maximum atomic E-state index is 13.7. The van der Waals surface area contributed by atoms with Crippen molar-refractivity contribution in [1.29, 1.82) is 0 Å². The van der Waals surface area contributed by atoms with Crippen LogP contribution in [0.15, 0.2) is 23.1 Å². The average molecular weight is 281 g/mol. The molecule has 19 heavy (non-hydrogen) atoms. The molecule has 1 amide bonds. The number of hydrogen-bond acceptors (Lipinski definition) is 2. The molecule has 0 aromatic heterocycles. The Hall–Kier alpha value is -1.03. The van der Waals surface area contributed by atoms with Crippen molar-refractivity contribution in [2.24, 2.45) is 5.41 Å². The molecule has 1 N–H and O–H groups in total. The van der Waals surface area contributed by atoms with Gasteiger partial charge in [0, 0.05) is 10.9 Å². The standard InChI is InChI=1S/C15H20FNOS/c1-15(2)8-4-3-5-13(15)17-14(18)11-9-10(19)6-7-12(11)16/h6-7,9,13,19H,3-5,8H2,1-2H3,(H,17,18). The molecule has 0 spiro atoms. The fourth-order valence-electron chi connectivity index (χ4n) is 2.68. The number of benzene rings is 1. The monoisotopic (exact) mass is 281 g/mol. The van der Waals surface area contributed by atoms with Gasteiger partial charge in [-0.15, -0.1) is 12.6 Å². The van der Waals surface area contributed by atoms with E-state index in [2.05, 4.69) is 31.8 Å². The van der Waals surface area contributed by atoms with Crippen molar-refractivity contribution >= 4 is 18.5 Å². The molecule has 1 unspecified atom stereocenters. The second kappa shape index (κ2) is 5.53. The van der Waals surface area contributed by atoms with E-state index in [1.165, 1.54) is 18.6 Å². The summed E-state index contributed by atoms with van der Waals surface area (Å²) in [6, 6.07) is 4.41. The molecule has 0 bridgehead atoms. The van der Waals surface area contributed by atoms with Crippen molar-refractivity contribution in [2.75, 3.05) is 0 Å². The van der Waals surface area contributed by atoms with Gasteiger partial charge in [0.1, 0.15) is 5.82 Å². The first kappa shape index (κ1) is 14.4. The SMILES string of the molecule is CC1(C)CCCCC1NC(=O)c1cc(S)ccc1F. The zero-order chi connectivity index (χ0) is 14.0. The molecule has 0 radical (unpaired) electrons. The van der Waals surface area contributed by atoms with Crippen LogP contribution >= 0.6 is 12.6 Å². The van der Waals surface area contributed by atoms with Gasteiger partial charge in [-0.25, -0.2) is 4.39 Å². The first-order chi connectivity index (χ1) is 8.90. The van der Waals surface area contributed by atoms with Gasteiger partial charge in [-0.05, 0) is 36.5 Å². The predicted octanol–water partition coefficient (Wildman–Crippen LogP) is 3.81. The molecule has 1 aromatic carbocycles. The molecule has 1 atom stereocenters. The highest BCUT2D eigenvalue weighted by Gasteiger charge is 2.33. The highest BCUT2D eigenvalue weighted by Crippen LogP contribution is 2.35. The van der Waals surface area contributed by atoms with Crippen LogP contribution in [0.3, 0.4) is 0 Å². The van der Waals surface area contributed by atoms with Gasteiger partial charge in [-0.1, -0.05) is 26.7 Å². The summed E-state index contributed by atoms with van der Waals surface area (Å²) in [4.78, 5) is 12.8. The van der Waals surface area contributed by atoms with E-state index < -0.39 is 5.82 Å². The van der Waals surface area contributed by atoms with Crippen LogP contribution in [0.5, 0.6) is 0 Å². The lowest BCUT2D eigenvalue weighted by Crippen LogP contribution is -2.47. The topological polar surface area (TPSA) is 29.1 Å². The second-order valence-electron chi connectivity index (χ2n) is 5.92. The van der Waals surface area contributed by atoms with Crippen LogP contribution in [0, 0.1) is 11.2 Å². The van der Waals surface area contributed by atoms with Gasteiger partial charge in [0.2, 0.25) is 0 Å². The van der Waals surface area contributed by atoms with Crippen LogP contribution < -0.4 is 5.32 Å². The first-order valence-electron chi connectivity index (χ1n) is 6.69. The van der Waals surface area contributed by atoms with Gasteiger partial charge >= 0.3 is 0 Å². The molecule has 1 aliphatic rings. The average Bonchev–Trinajstić information content (AvgIpc) is 2.34. The van der Waals surface area contributed by atoms with E-state index in [4.69, 9.17) is 0 Å². The Bertz CT molecular complexity index is 487. The van der Waals surface area contributed by atoms with Crippen molar-refractivity contribution in [3.63, 3.8) is 0 Å². The third kappa shape index (κ3) is 3.30. The summed E-state index contributed by atoms with van der Waals surface area (Å²) in [5.41, 5.74) is 0.150. The van der Waals surface area contributed by atoms with E-state index in [1.807, 2.05) is 0 Å². The number of carbonyl (C=O) groups is 1. The van der Waals surface area contributed by atoms with Crippen molar-refractivity contribution in [3.05, 3.63) is 29.6 Å². The second-order valence-corrected chi connectivity index (χ2v) is 6.44. The number of carbonyl (C=O) groups excluding carboxylic acids is 1. The number of amides is 1. The van der Waals surface area contributed by atoms with Gasteiger partial charge in [0.05, 0.1) is 5.56 Å². The number of nitrogens with one attached hydrogen (secondary N) is 1. The number of hydrogen-bond donors (Lipinski definition) is 2. The lowest BCUT2D eigenvalue weighted by Gasteiger charge is -2.39. The Balaban J connectivity index is 2.14. The molecule has 4 heteroatoms. The molecule has 1 fully saturated rings. The van der Waals surface area contributed by atoms with E-state index >= 15 is 0 Å². The lowest BCUT2D eigenvalue weighted by molar-refractivity contribution is 0.0849. The molecule has 1 aromatic rings. The van der Waals surface area contributed by atoms with Crippen LogP contribution in [0.1, 0.15) is 49.9 Å². The molecule has 0 heterocycles. The summed E-state index contributed by atoms with van der Waals surface area (Å²) in [5, 5.41) is 2.98. The summed E-state index contributed by atoms with van der Waals surface area (Å²) in [5.74, 6) is -0.836. The molecule has 1 saturated carbocycles. The maximum absolute atomic E-state index is 13.7. The van der Waals surface area contributed by atoms with Crippen LogP contribution in [-0.2, 0) is 0 Å². The van der Waals surface area contributed by atoms with E-state index in [1.54, 1.807) is 6.07 Å². The van der Waals surface area contributed by atoms with Crippen molar-refractivity contribution in [2.45, 2.75) is 50.5 Å². The van der Waals surface area contributed by atoms with E-state index in [0.717, 1.165) is 19.3 Å². The molecule has 2 nitrogen and oxygen atoms in total. The van der Waals surface area contributed by atoms with Crippen LogP contribution in [0.4, 0.5) is 4.39 Å². The highest BCUT2D eigenvalue weighted by atomic mass is 32.1. The minimum atomic E-state index is -0.496. The Kier molecular flexibility index (Phi) is 4.19. The molecule has 1 aliphatic carbocycles.